The molecule has 0 atom stereocenters. The molecule has 0 unspecified atom stereocenters. The lowest BCUT2D eigenvalue weighted by Gasteiger charge is -2.23. The number of aliphatic imine (C=N–C) groups is 1. The van der Waals surface area contributed by atoms with Crippen LogP contribution in [0.1, 0.15) is 80.8 Å². The van der Waals surface area contributed by atoms with Crippen molar-refractivity contribution in [2.24, 2.45) is 4.99 Å². The maximum Gasteiger partial charge on any atom is 0.253 e. The number of allylic oxidation sites excluding steroid dienone is 3. The fraction of sp³-hybridized carbons (Fsp3) is 0.344. The van der Waals surface area contributed by atoms with Gasteiger partial charge in [0.2, 0.25) is 0 Å². The molecule has 0 saturated carbocycles. The zero-order chi connectivity index (χ0) is 26.2. The zero-order valence-corrected chi connectivity index (χ0v) is 22.1. The first kappa shape index (κ1) is 28.7. The molecule has 1 amide bonds. The van der Waals surface area contributed by atoms with Crippen molar-refractivity contribution in [1.29, 1.82) is 0 Å². The molecule has 0 bridgehead atoms. The third-order valence-electron chi connectivity index (χ3n) is 5.96. The number of hydrogen-bond donors (Lipinski definition) is 0. The van der Waals surface area contributed by atoms with Gasteiger partial charge in [0.15, 0.2) is 0 Å². The molecule has 0 spiro atoms. The van der Waals surface area contributed by atoms with Gasteiger partial charge in [0, 0.05) is 36.9 Å². The number of nitrogens with zero attached hydrogens (tertiary/aromatic N) is 2. The fourth-order valence-corrected chi connectivity index (χ4v) is 3.86. The first-order valence-electron chi connectivity index (χ1n) is 12.9. The van der Waals surface area contributed by atoms with Crippen LogP contribution in [0.3, 0.4) is 0 Å². The minimum Gasteiger partial charge on any atom is -0.338 e. The van der Waals surface area contributed by atoms with E-state index in [1.807, 2.05) is 84.8 Å². The van der Waals surface area contributed by atoms with Gasteiger partial charge in [-0.3, -0.25) is 9.79 Å². The summed E-state index contributed by atoms with van der Waals surface area (Å²) in [7, 11) is 0. The van der Waals surface area contributed by atoms with Crippen LogP contribution in [0.5, 0.6) is 0 Å². The van der Waals surface area contributed by atoms with Crippen LogP contribution in [0.4, 0.5) is 5.69 Å². The normalized spacial score (nSPS) is 11.8. The molecule has 2 aromatic carbocycles. The number of unbranched alkanes of at least 4 members (excludes halogenated alkanes) is 2. The van der Waals surface area contributed by atoms with E-state index < -0.39 is 0 Å². The van der Waals surface area contributed by atoms with E-state index in [2.05, 4.69) is 19.6 Å². The Morgan fingerprint density at radius 1 is 1.03 bits per heavy atom. The van der Waals surface area contributed by atoms with E-state index in [0.29, 0.717) is 25.1 Å². The molecule has 0 radical (unpaired) electrons. The first-order valence-corrected chi connectivity index (χ1v) is 12.9. The molecule has 2 aromatic rings. The van der Waals surface area contributed by atoms with E-state index in [-0.39, 0.29) is 11.7 Å². The Bertz CT molecular complexity index is 1080. The summed E-state index contributed by atoms with van der Waals surface area (Å²) >= 11 is 0. The van der Waals surface area contributed by atoms with Crippen molar-refractivity contribution in [3.8, 4) is 0 Å². The average molecular weight is 485 g/mol. The van der Waals surface area contributed by atoms with Crippen molar-refractivity contribution in [3.63, 3.8) is 0 Å². The van der Waals surface area contributed by atoms with Crippen molar-refractivity contribution >= 4 is 29.7 Å². The van der Waals surface area contributed by atoms with Crippen LogP contribution in [0.15, 0.2) is 83.9 Å². The third kappa shape index (κ3) is 9.99. The fourth-order valence-electron chi connectivity index (χ4n) is 3.86. The Hall–Kier alpha value is -3.53. The van der Waals surface area contributed by atoms with Crippen molar-refractivity contribution in [2.45, 2.75) is 59.3 Å². The summed E-state index contributed by atoms with van der Waals surface area (Å²) in [6.45, 7) is 11.0. The highest BCUT2D eigenvalue weighted by atomic mass is 16.2. The molecule has 0 aromatic heterocycles. The van der Waals surface area contributed by atoms with E-state index in [9.17, 15) is 9.59 Å². The highest BCUT2D eigenvalue weighted by molar-refractivity contribution is 5.96. The molecule has 0 aliphatic heterocycles. The molecule has 0 saturated heterocycles. The molecule has 0 aliphatic carbocycles. The largest absolute Gasteiger partial charge is 0.338 e. The summed E-state index contributed by atoms with van der Waals surface area (Å²) < 4.78 is 0. The van der Waals surface area contributed by atoms with Gasteiger partial charge in [-0.25, -0.2) is 0 Å². The van der Waals surface area contributed by atoms with Crippen LogP contribution in [-0.4, -0.2) is 35.9 Å². The minimum atomic E-state index is 0.0334. The van der Waals surface area contributed by atoms with Gasteiger partial charge in [-0.05, 0) is 69.7 Å². The molecule has 0 heterocycles. The summed E-state index contributed by atoms with van der Waals surface area (Å²) in [5, 5.41) is 0. The number of benzene rings is 2. The van der Waals surface area contributed by atoms with Gasteiger partial charge in [0.1, 0.15) is 5.78 Å². The van der Waals surface area contributed by atoms with E-state index in [0.717, 1.165) is 54.5 Å². The number of ketones is 1. The number of carbonyl (C=O) groups excluding carboxylic acids is 2. The molecule has 0 fully saturated rings. The Balaban J connectivity index is 2.27. The standard InChI is InChI=1S/C32H40N2O2/c1-5-22-34(23-21-27(6-2)7-3)32(36)30-19-20-31(33-25-28-16-12-10-13-17-28)29(24-30)18-14-9-8-11-15-26(4)35/h6-7,10,12-14,16-20,24-25H,2,5,8-9,11,15,21-23H2,1,3-4H3/b18-14+,27-7+,33-25+. The van der Waals surface area contributed by atoms with Gasteiger partial charge in [-0.2, -0.15) is 0 Å². The molecule has 0 N–H and O–H groups in total. The lowest BCUT2D eigenvalue weighted by Crippen LogP contribution is -2.33. The lowest BCUT2D eigenvalue weighted by molar-refractivity contribution is -0.117. The third-order valence-corrected chi connectivity index (χ3v) is 5.96. The Morgan fingerprint density at radius 3 is 2.47 bits per heavy atom. The maximum absolute atomic E-state index is 13.4. The van der Waals surface area contributed by atoms with Crippen molar-refractivity contribution in [3.05, 3.63) is 95.6 Å². The quantitative estimate of drug-likeness (QED) is 0.146. The monoisotopic (exact) mass is 484 g/mol. The minimum absolute atomic E-state index is 0.0334. The van der Waals surface area contributed by atoms with Gasteiger partial charge in [-0.15, -0.1) is 0 Å². The summed E-state index contributed by atoms with van der Waals surface area (Å²) in [5.41, 5.74) is 4.56. The average Bonchev–Trinajstić information content (AvgIpc) is 2.89. The second-order valence-corrected chi connectivity index (χ2v) is 8.90. The SMILES string of the molecule is C=C/C(=C\C)CCN(CCC)C(=O)c1ccc(/N=C/c2ccccc2)c(/C=C/CCCCC(C)=O)c1. The number of hydrogen-bond acceptors (Lipinski definition) is 3. The van der Waals surface area contributed by atoms with Gasteiger partial charge < -0.3 is 9.69 Å². The van der Waals surface area contributed by atoms with Crippen LogP contribution >= 0.6 is 0 Å². The van der Waals surface area contributed by atoms with Crippen LogP contribution in [-0.2, 0) is 4.79 Å². The molecule has 4 heteroatoms. The second kappa shape index (κ2) is 16.2. The van der Waals surface area contributed by atoms with Crippen molar-refractivity contribution in [1.82, 2.24) is 4.90 Å². The van der Waals surface area contributed by atoms with Gasteiger partial charge in [0.05, 0.1) is 5.69 Å². The Labute approximate surface area is 217 Å². The van der Waals surface area contributed by atoms with Crippen LogP contribution < -0.4 is 0 Å². The van der Waals surface area contributed by atoms with E-state index in [4.69, 9.17) is 4.99 Å². The predicted molar refractivity (Wildman–Crippen MR) is 153 cm³/mol. The van der Waals surface area contributed by atoms with E-state index in [1.165, 1.54) is 0 Å². The summed E-state index contributed by atoms with van der Waals surface area (Å²) in [5.74, 6) is 0.264. The highest BCUT2D eigenvalue weighted by Gasteiger charge is 2.16. The van der Waals surface area contributed by atoms with Gasteiger partial charge in [0.25, 0.3) is 5.91 Å². The number of rotatable bonds is 15. The number of Topliss-reactive ketones (excluding diaryl/α,β-unsaturated/α-hetero) is 1. The molecule has 2 rings (SSSR count). The molecule has 0 aliphatic rings. The van der Waals surface area contributed by atoms with Gasteiger partial charge >= 0.3 is 0 Å². The van der Waals surface area contributed by atoms with Crippen LogP contribution in [0, 0.1) is 0 Å². The maximum atomic E-state index is 13.4. The van der Waals surface area contributed by atoms with Gasteiger partial charge in [-0.1, -0.05) is 73.7 Å². The van der Waals surface area contributed by atoms with E-state index >= 15 is 0 Å². The highest BCUT2D eigenvalue weighted by Crippen LogP contribution is 2.24. The summed E-state index contributed by atoms with van der Waals surface area (Å²) in [6, 6.07) is 15.7. The smallest absolute Gasteiger partial charge is 0.253 e. The van der Waals surface area contributed by atoms with E-state index in [1.54, 1.807) is 6.92 Å². The lowest BCUT2D eigenvalue weighted by atomic mass is 10.0. The number of carbonyl (C=O) groups is 2. The summed E-state index contributed by atoms with van der Waals surface area (Å²) in [6.07, 6.45) is 14.9. The Kier molecular flexibility index (Phi) is 12.9. The van der Waals surface area contributed by atoms with Crippen molar-refractivity contribution < 1.29 is 9.59 Å². The first-order chi connectivity index (χ1) is 17.5. The zero-order valence-electron chi connectivity index (χ0n) is 22.1. The second-order valence-electron chi connectivity index (χ2n) is 8.90. The van der Waals surface area contributed by atoms with Crippen molar-refractivity contribution in [2.75, 3.05) is 13.1 Å². The van der Waals surface area contributed by atoms with Crippen LogP contribution in [0.2, 0.25) is 0 Å². The molecular formula is C32H40N2O2. The summed E-state index contributed by atoms with van der Waals surface area (Å²) in [4.78, 5) is 31.2. The molecule has 4 nitrogen and oxygen atoms in total. The number of amides is 1. The molecular weight excluding hydrogens is 444 g/mol. The topological polar surface area (TPSA) is 49.7 Å². The molecule has 190 valence electrons. The predicted octanol–water partition coefficient (Wildman–Crippen LogP) is 7.97. The molecule has 36 heavy (non-hydrogen) atoms. The Morgan fingerprint density at radius 2 is 1.81 bits per heavy atom. The van der Waals surface area contributed by atoms with Crippen LogP contribution in [0.25, 0.3) is 6.08 Å².